The largest absolute Gasteiger partial charge is 0.424 e. The molecule has 0 saturated heterocycles. The Kier molecular flexibility index (Phi) is 6.30. The van der Waals surface area contributed by atoms with Gasteiger partial charge in [0, 0.05) is 49.6 Å². The molecule has 0 aliphatic rings. The minimum Gasteiger partial charge on any atom is -0.379 e. The van der Waals surface area contributed by atoms with Gasteiger partial charge in [-0.05, 0) is 12.1 Å². The molecule has 0 bridgehead atoms. The van der Waals surface area contributed by atoms with Crippen LogP contribution in [0.15, 0.2) is 60.9 Å². The van der Waals surface area contributed by atoms with Crippen LogP contribution in [0, 0.1) is 10.1 Å². The summed E-state index contributed by atoms with van der Waals surface area (Å²) in [7, 11) is 1.32. The van der Waals surface area contributed by atoms with E-state index in [2.05, 4.69) is 10.3 Å². The molecule has 1 unspecified atom stereocenters. The van der Waals surface area contributed by atoms with Crippen molar-refractivity contribution in [3.05, 3.63) is 88.0 Å². The Morgan fingerprint density at radius 2 is 1.88 bits per heavy atom. The van der Waals surface area contributed by atoms with Gasteiger partial charge >= 0.3 is 6.18 Å². The number of nitrogens with zero attached hydrogens (tertiary/aromatic N) is 3. The molecule has 0 amide bonds. The number of aromatic nitrogens is 2. The van der Waals surface area contributed by atoms with E-state index < -0.39 is 47.0 Å². The van der Waals surface area contributed by atoms with Gasteiger partial charge < -0.3 is 15.0 Å². The van der Waals surface area contributed by atoms with Crippen LogP contribution in [0.1, 0.15) is 28.2 Å². The zero-order chi connectivity index (χ0) is 23.5. The first-order valence-electron chi connectivity index (χ1n) is 9.43. The zero-order valence-electron chi connectivity index (χ0n) is 16.8. The van der Waals surface area contributed by atoms with Crippen LogP contribution in [0.2, 0.25) is 0 Å². The fraction of sp³-hybridized carbons (Fsp3) is 0.238. The Morgan fingerprint density at radius 1 is 1.19 bits per heavy atom. The summed E-state index contributed by atoms with van der Waals surface area (Å²) in [6.45, 7) is -0.449. The summed E-state index contributed by atoms with van der Waals surface area (Å²) < 4.78 is 41.9. The molecular formula is C21H19F3N4O4. The third kappa shape index (κ3) is 4.47. The van der Waals surface area contributed by atoms with Crippen molar-refractivity contribution in [2.24, 2.45) is 7.05 Å². The number of hydrogen-bond acceptors (Lipinski definition) is 6. The number of nitro groups is 1. The third-order valence-corrected chi connectivity index (χ3v) is 4.95. The summed E-state index contributed by atoms with van der Waals surface area (Å²) in [5.74, 6) is -1.02. The van der Waals surface area contributed by atoms with Crippen LogP contribution in [0.5, 0.6) is 0 Å². The molecule has 0 saturated carbocycles. The van der Waals surface area contributed by atoms with Crippen molar-refractivity contribution in [3.8, 4) is 0 Å². The quantitative estimate of drug-likeness (QED) is 0.308. The summed E-state index contributed by atoms with van der Waals surface area (Å²) in [6, 6.07) is 11.8. The van der Waals surface area contributed by atoms with E-state index in [1.54, 1.807) is 30.3 Å². The van der Waals surface area contributed by atoms with Crippen molar-refractivity contribution in [2.45, 2.75) is 18.2 Å². The molecular weight excluding hydrogens is 429 g/mol. The Labute approximate surface area is 180 Å². The smallest absolute Gasteiger partial charge is 0.379 e. The standard InChI is InChI=1S/C21H19F3N4O4/c1-27-12-11-26-19(27)20(30,21(22,23)24)9-10-25-16-8-7-15(13-17(16)28(31)32)18(29)14-5-3-2-4-6-14/h2-8,11-13,25,30H,9-10H2,1H3. The predicted octanol–water partition coefficient (Wildman–Crippen LogP) is 3.81. The van der Waals surface area contributed by atoms with E-state index in [9.17, 15) is 33.2 Å². The maximum atomic E-state index is 13.6. The van der Waals surface area contributed by atoms with Crippen LogP contribution in [-0.2, 0) is 12.6 Å². The number of aliphatic hydroxyl groups is 1. The minimum absolute atomic E-state index is 0.0632. The van der Waals surface area contributed by atoms with Gasteiger partial charge in [0.2, 0.25) is 5.60 Å². The number of alkyl halides is 3. The van der Waals surface area contributed by atoms with E-state index in [0.717, 1.165) is 16.8 Å². The first-order valence-corrected chi connectivity index (χ1v) is 9.43. The molecule has 1 heterocycles. The van der Waals surface area contributed by atoms with Crippen molar-refractivity contribution in [1.29, 1.82) is 0 Å². The molecule has 1 aromatic heterocycles. The fourth-order valence-corrected chi connectivity index (χ4v) is 3.25. The van der Waals surface area contributed by atoms with Gasteiger partial charge in [0.1, 0.15) is 11.5 Å². The molecule has 2 aromatic carbocycles. The highest BCUT2D eigenvalue weighted by molar-refractivity contribution is 6.09. The molecule has 2 N–H and O–H groups in total. The normalized spacial score (nSPS) is 13.4. The van der Waals surface area contributed by atoms with Crippen LogP contribution >= 0.6 is 0 Å². The first kappa shape index (κ1) is 22.9. The van der Waals surface area contributed by atoms with Gasteiger partial charge in [-0.15, -0.1) is 0 Å². The van der Waals surface area contributed by atoms with Crippen molar-refractivity contribution < 1.29 is 28.0 Å². The monoisotopic (exact) mass is 448 g/mol. The lowest BCUT2D eigenvalue weighted by molar-refractivity contribution is -0.384. The number of rotatable bonds is 8. The maximum Gasteiger partial charge on any atom is 0.424 e. The highest BCUT2D eigenvalue weighted by Gasteiger charge is 2.57. The maximum absolute atomic E-state index is 13.6. The van der Waals surface area contributed by atoms with Crippen molar-refractivity contribution in [1.82, 2.24) is 9.55 Å². The Morgan fingerprint density at radius 3 is 2.44 bits per heavy atom. The number of nitrogens with one attached hydrogen (secondary N) is 1. The number of ketones is 1. The molecule has 168 valence electrons. The zero-order valence-corrected chi connectivity index (χ0v) is 16.8. The lowest BCUT2D eigenvalue weighted by Crippen LogP contribution is -2.45. The molecule has 0 radical (unpaired) electrons. The first-order chi connectivity index (χ1) is 15.0. The number of anilines is 1. The van der Waals surface area contributed by atoms with Crippen molar-refractivity contribution in [3.63, 3.8) is 0 Å². The molecule has 3 aromatic rings. The number of nitro benzene ring substituents is 1. The number of aryl methyl sites for hydroxylation is 1. The molecule has 1 atom stereocenters. The number of imidazole rings is 1. The average molecular weight is 448 g/mol. The molecule has 11 heteroatoms. The fourth-order valence-electron chi connectivity index (χ4n) is 3.25. The van der Waals surface area contributed by atoms with Crippen LogP contribution in [-0.4, -0.2) is 38.1 Å². The predicted molar refractivity (Wildman–Crippen MR) is 109 cm³/mol. The third-order valence-electron chi connectivity index (χ3n) is 4.95. The van der Waals surface area contributed by atoms with Crippen LogP contribution < -0.4 is 5.32 Å². The lowest BCUT2D eigenvalue weighted by Gasteiger charge is -2.30. The number of carbonyl (C=O) groups excluding carboxylic acids is 1. The number of halogens is 3. The van der Waals surface area contributed by atoms with Gasteiger partial charge in [-0.3, -0.25) is 14.9 Å². The molecule has 0 aliphatic heterocycles. The van der Waals surface area contributed by atoms with Crippen LogP contribution in [0.3, 0.4) is 0 Å². The summed E-state index contributed by atoms with van der Waals surface area (Å²) in [6.07, 6.45) is -3.46. The second-order valence-electron chi connectivity index (χ2n) is 7.08. The van der Waals surface area contributed by atoms with Gasteiger partial charge in [0.15, 0.2) is 5.78 Å². The van der Waals surface area contributed by atoms with Gasteiger partial charge in [-0.1, -0.05) is 30.3 Å². The molecule has 32 heavy (non-hydrogen) atoms. The van der Waals surface area contributed by atoms with Gasteiger partial charge in [-0.25, -0.2) is 4.98 Å². The highest BCUT2D eigenvalue weighted by Crippen LogP contribution is 2.40. The summed E-state index contributed by atoms with van der Waals surface area (Å²) in [4.78, 5) is 26.9. The molecule has 0 aliphatic carbocycles. The average Bonchev–Trinajstić information content (AvgIpc) is 3.19. The molecule has 3 rings (SSSR count). The van der Waals surface area contributed by atoms with E-state index in [4.69, 9.17) is 0 Å². The Hall–Kier alpha value is -3.73. The summed E-state index contributed by atoms with van der Waals surface area (Å²) in [5.41, 5.74) is -3.40. The number of carbonyl (C=O) groups is 1. The second-order valence-corrected chi connectivity index (χ2v) is 7.08. The molecule has 0 spiro atoms. The van der Waals surface area contributed by atoms with Gasteiger partial charge in [-0.2, -0.15) is 13.2 Å². The molecule has 0 fully saturated rings. The topological polar surface area (TPSA) is 110 Å². The lowest BCUT2D eigenvalue weighted by atomic mass is 9.97. The van der Waals surface area contributed by atoms with Gasteiger partial charge in [0.05, 0.1) is 4.92 Å². The minimum atomic E-state index is -5.02. The summed E-state index contributed by atoms with van der Waals surface area (Å²) in [5, 5.41) is 24.4. The van der Waals surface area contributed by atoms with Gasteiger partial charge in [0.25, 0.3) is 5.69 Å². The van der Waals surface area contributed by atoms with E-state index in [0.29, 0.717) is 5.56 Å². The van der Waals surface area contributed by atoms with Crippen LogP contribution in [0.25, 0.3) is 0 Å². The van der Waals surface area contributed by atoms with E-state index in [-0.39, 0.29) is 11.3 Å². The highest BCUT2D eigenvalue weighted by atomic mass is 19.4. The Bertz CT molecular complexity index is 1130. The SMILES string of the molecule is Cn1ccnc1C(O)(CCNc1ccc(C(=O)c2ccccc2)cc1[N+](=O)[O-])C(F)(F)F. The number of benzene rings is 2. The second kappa shape index (κ2) is 8.79. The van der Waals surface area contributed by atoms with Crippen LogP contribution in [0.4, 0.5) is 24.5 Å². The molecule has 8 nitrogen and oxygen atoms in total. The Balaban J connectivity index is 1.82. The van der Waals surface area contributed by atoms with Crippen molar-refractivity contribution >= 4 is 17.2 Å². The van der Waals surface area contributed by atoms with E-state index in [1.165, 1.54) is 25.4 Å². The number of hydrogen-bond donors (Lipinski definition) is 2. The summed E-state index contributed by atoms with van der Waals surface area (Å²) >= 11 is 0. The van der Waals surface area contributed by atoms with Crippen molar-refractivity contribution in [2.75, 3.05) is 11.9 Å². The van der Waals surface area contributed by atoms with E-state index >= 15 is 0 Å². The van der Waals surface area contributed by atoms with E-state index in [1.807, 2.05) is 0 Å².